The molecule has 1 aliphatic carbocycles. The Morgan fingerprint density at radius 3 is 2.54 bits per heavy atom. The molecule has 5 rings (SSSR count). The number of nitrogens with zero attached hydrogens (tertiary/aromatic N) is 6. The van der Waals surface area contributed by atoms with E-state index >= 15 is 0 Å². The van der Waals surface area contributed by atoms with Gasteiger partial charge in [0.25, 0.3) is 0 Å². The summed E-state index contributed by atoms with van der Waals surface area (Å²) in [5.41, 5.74) is 4.13. The van der Waals surface area contributed by atoms with Crippen LogP contribution in [0.25, 0.3) is 5.65 Å². The minimum atomic E-state index is -3.50. The first-order valence-corrected chi connectivity index (χ1v) is 11.2. The third kappa shape index (κ3) is 2.84. The molecular formula is C19H24N6O2S. The second-order valence-electron chi connectivity index (χ2n) is 7.94. The first-order valence-electron chi connectivity index (χ1n) is 9.77. The molecule has 148 valence electrons. The Kier molecular flexibility index (Phi) is 4.06. The van der Waals surface area contributed by atoms with Gasteiger partial charge in [-0.25, -0.2) is 17.9 Å². The maximum absolute atomic E-state index is 13.3. The summed E-state index contributed by atoms with van der Waals surface area (Å²) < 4.78 is 31.7. The van der Waals surface area contributed by atoms with Gasteiger partial charge in [0.05, 0.1) is 11.9 Å². The fraction of sp³-hybridized carbons (Fsp3) is 0.526. The Hall–Kier alpha value is -2.26. The van der Waals surface area contributed by atoms with E-state index in [-0.39, 0.29) is 0 Å². The molecule has 3 aromatic heterocycles. The predicted molar refractivity (Wildman–Crippen MR) is 104 cm³/mol. The lowest BCUT2D eigenvalue weighted by molar-refractivity contribution is 0.318. The second-order valence-corrected chi connectivity index (χ2v) is 9.85. The molecule has 1 saturated heterocycles. The van der Waals surface area contributed by atoms with Crippen molar-refractivity contribution in [2.24, 2.45) is 7.05 Å². The molecule has 2 aliphatic rings. The fourth-order valence-electron chi connectivity index (χ4n) is 4.39. The molecular weight excluding hydrogens is 376 g/mol. The zero-order valence-corrected chi connectivity index (χ0v) is 16.9. The predicted octanol–water partition coefficient (Wildman–Crippen LogP) is 2.22. The summed E-state index contributed by atoms with van der Waals surface area (Å²) in [6.07, 6.45) is 8.83. The first-order chi connectivity index (χ1) is 13.4. The zero-order valence-electron chi connectivity index (χ0n) is 16.1. The highest BCUT2D eigenvalue weighted by Gasteiger charge is 2.38. The number of fused-ring (bicyclic) bond motifs is 1. The Bertz CT molecular complexity index is 1140. The van der Waals surface area contributed by atoms with E-state index in [1.54, 1.807) is 19.8 Å². The van der Waals surface area contributed by atoms with Crippen molar-refractivity contribution >= 4 is 15.7 Å². The summed E-state index contributed by atoms with van der Waals surface area (Å²) in [5, 5.41) is 8.47. The smallest absolute Gasteiger partial charge is 0.246 e. The van der Waals surface area contributed by atoms with Crippen LogP contribution < -0.4 is 0 Å². The lowest BCUT2D eigenvalue weighted by Gasteiger charge is -2.32. The van der Waals surface area contributed by atoms with Gasteiger partial charge in [0.15, 0.2) is 5.65 Å². The average Bonchev–Trinajstić information content (AvgIpc) is 3.28. The van der Waals surface area contributed by atoms with Crippen LogP contribution in [0.3, 0.4) is 0 Å². The van der Waals surface area contributed by atoms with Gasteiger partial charge in [0.2, 0.25) is 10.0 Å². The van der Waals surface area contributed by atoms with Crippen LogP contribution in [0.15, 0.2) is 29.7 Å². The van der Waals surface area contributed by atoms with Gasteiger partial charge >= 0.3 is 0 Å². The van der Waals surface area contributed by atoms with E-state index in [9.17, 15) is 8.42 Å². The maximum atomic E-state index is 13.3. The molecule has 0 radical (unpaired) electrons. The van der Waals surface area contributed by atoms with E-state index < -0.39 is 10.0 Å². The minimum absolute atomic E-state index is 0.330. The molecule has 0 bridgehead atoms. The summed E-state index contributed by atoms with van der Waals surface area (Å²) in [4.78, 5) is 4.63. The molecule has 0 unspecified atom stereocenters. The number of aromatic nitrogens is 5. The van der Waals surface area contributed by atoms with Gasteiger partial charge in [0, 0.05) is 32.3 Å². The Morgan fingerprint density at radius 1 is 1.07 bits per heavy atom. The lowest BCUT2D eigenvalue weighted by Crippen LogP contribution is -2.38. The van der Waals surface area contributed by atoms with E-state index in [1.165, 1.54) is 17.3 Å². The van der Waals surface area contributed by atoms with Crippen molar-refractivity contribution in [2.75, 3.05) is 13.1 Å². The van der Waals surface area contributed by atoms with Crippen LogP contribution in [0.5, 0.6) is 0 Å². The van der Waals surface area contributed by atoms with Crippen LogP contribution in [0.1, 0.15) is 54.3 Å². The molecule has 3 aromatic rings. The number of pyridine rings is 1. The molecule has 0 amide bonds. The van der Waals surface area contributed by atoms with Crippen LogP contribution in [0.4, 0.5) is 0 Å². The van der Waals surface area contributed by atoms with E-state index in [1.807, 2.05) is 19.3 Å². The molecule has 1 aliphatic heterocycles. The van der Waals surface area contributed by atoms with Crippen molar-refractivity contribution in [3.8, 4) is 0 Å². The molecule has 9 heteroatoms. The summed E-state index contributed by atoms with van der Waals surface area (Å²) in [6.45, 7) is 3.15. The maximum Gasteiger partial charge on any atom is 0.246 e. The van der Waals surface area contributed by atoms with Crippen molar-refractivity contribution < 1.29 is 8.42 Å². The molecule has 2 fully saturated rings. The number of aryl methyl sites for hydroxylation is 2. The second kappa shape index (κ2) is 6.38. The van der Waals surface area contributed by atoms with Gasteiger partial charge in [-0.15, -0.1) is 0 Å². The van der Waals surface area contributed by atoms with Crippen LogP contribution in [-0.2, 0) is 17.1 Å². The van der Waals surface area contributed by atoms with Gasteiger partial charge < -0.3 is 0 Å². The zero-order chi connectivity index (χ0) is 19.5. The van der Waals surface area contributed by atoms with E-state index in [4.69, 9.17) is 0 Å². The Morgan fingerprint density at radius 2 is 1.82 bits per heavy atom. The highest BCUT2D eigenvalue weighted by Crippen LogP contribution is 2.43. The number of sulfonamides is 1. The highest BCUT2D eigenvalue weighted by atomic mass is 32.2. The van der Waals surface area contributed by atoms with Gasteiger partial charge in [0.1, 0.15) is 11.2 Å². The first kappa shape index (κ1) is 17.8. The summed E-state index contributed by atoms with van der Waals surface area (Å²) in [7, 11) is -1.66. The van der Waals surface area contributed by atoms with Crippen molar-refractivity contribution in [3.05, 3.63) is 41.6 Å². The van der Waals surface area contributed by atoms with Gasteiger partial charge in [-0.1, -0.05) is 0 Å². The Balaban J connectivity index is 1.37. The van der Waals surface area contributed by atoms with Crippen molar-refractivity contribution in [3.63, 3.8) is 0 Å². The molecule has 0 atom stereocenters. The van der Waals surface area contributed by atoms with Crippen molar-refractivity contribution in [1.82, 2.24) is 28.7 Å². The summed E-state index contributed by atoms with van der Waals surface area (Å²) in [6, 6.07) is 2.04. The number of piperidine rings is 1. The van der Waals surface area contributed by atoms with Gasteiger partial charge in [-0.2, -0.15) is 14.5 Å². The fourth-order valence-corrected chi connectivity index (χ4v) is 6.11. The van der Waals surface area contributed by atoms with Crippen LogP contribution in [0, 0.1) is 6.92 Å². The normalized spacial score (nSPS) is 19.5. The van der Waals surface area contributed by atoms with Gasteiger partial charge in [-0.3, -0.25) is 4.68 Å². The lowest BCUT2D eigenvalue weighted by atomic mass is 9.89. The van der Waals surface area contributed by atoms with E-state index in [2.05, 4.69) is 22.1 Å². The quantitative estimate of drug-likeness (QED) is 0.670. The van der Waals surface area contributed by atoms with Crippen LogP contribution in [0.2, 0.25) is 0 Å². The molecule has 4 heterocycles. The number of hydrogen-bond acceptors (Lipinski definition) is 5. The standard InChI is InChI=1S/C19H24N6O2S/c1-13-9-18-20-12-22-25(18)11-16(13)14-5-7-24(8-6-14)28(26,27)17-10-21-23(2)19(17)15-3-4-15/h9-12,14-15H,3-8H2,1-2H3. The average molecular weight is 401 g/mol. The number of rotatable bonds is 4. The third-order valence-electron chi connectivity index (χ3n) is 6.09. The van der Waals surface area contributed by atoms with E-state index in [0.717, 1.165) is 37.0 Å². The molecule has 1 saturated carbocycles. The summed E-state index contributed by atoms with van der Waals surface area (Å²) >= 11 is 0. The van der Waals surface area contributed by atoms with Crippen molar-refractivity contribution in [1.29, 1.82) is 0 Å². The third-order valence-corrected chi connectivity index (χ3v) is 8.00. The largest absolute Gasteiger partial charge is 0.271 e. The Labute approximate surface area is 164 Å². The van der Waals surface area contributed by atoms with Crippen LogP contribution >= 0.6 is 0 Å². The molecule has 0 spiro atoms. The molecule has 28 heavy (non-hydrogen) atoms. The topological polar surface area (TPSA) is 85.4 Å². The summed E-state index contributed by atoms with van der Waals surface area (Å²) in [5.74, 6) is 0.670. The molecule has 0 aromatic carbocycles. The molecule has 0 N–H and O–H groups in total. The van der Waals surface area contributed by atoms with Crippen LogP contribution in [-0.4, -0.2) is 50.2 Å². The SMILES string of the molecule is Cc1cc2ncnn2cc1C1CCN(S(=O)(=O)c2cnn(C)c2C2CC2)CC1. The minimum Gasteiger partial charge on any atom is -0.271 e. The molecule has 8 nitrogen and oxygen atoms in total. The van der Waals surface area contributed by atoms with Crippen molar-refractivity contribution in [2.45, 2.75) is 49.3 Å². The highest BCUT2D eigenvalue weighted by molar-refractivity contribution is 7.89. The van der Waals surface area contributed by atoms with E-state index in [0.29, 0.717) is 29.8 Å². The van der Waals surface area contributed by atoms with Gasteiger partial charge in [-0.05, 0) is 55.7 Å². The number of hydrogen-bond donors (Lipinski definition) is 0. The monoisotopic (exact) mass is 400 g/mol.